The van der Waals surface area contributed by atoms with Gasteiger partial charge in [0, 0.05) is 30.0 Å². The monoisotopic (exact) mass is 371 g/mol. The van der Waals surface area contributed by atoms with Gasteiger partial charge in [0.25, 0.3) is 5.91 Å². The van der Waals surface area contributed by atoms with Crippen LogP contribution in [0.1, 0.15) is 43.0 Å². The number of rotatable bonds is 4. The van der Waals surface area contributed by atoms with Gasteiger partial charge in [0.2, 0.25) is 0 Å². The van der Waals surface area contributed by atoms with Gasteiger partial charge in [-0.05, 0) is 50.1 Å². The van der Waals surface area contributed by atoms with E-state index < -0.39 is 0 Å². The summed E-state index contributed by atoms with van der Waals surface area (Å²) in [5.74, 6) is 2.12. The molecule has 1 aromatic carbocycles. The van der Waals surface area contributed by atoms with E-state index in [4.69, 9.17) is 9.47 Å². The van der Waals surface area contributed by atoms with E-state index in [9.17, 15) is 4.79 Å². The molecule has 4 nitrogen and oxygen atoms in total. The lowest BCUT2D eigenvalue weighted by atomic mass is 9.95. The Morgan fingerprint density at radius 3 is 2.81 bits per heavy atom. The molecule has 2 aliphatic rings. The minimum Gasteiger partial charge on any atom is -0.483 e. The van der Waals surface area contributed by atoms with Crippen molar-refractivity contribution in [2.24, 2.45) is 0 Å². The zero-order valence-corrected chi connectivity index (χ0v) is 16.2. The Hall–Kier alpha value is -2.01. The molecule has 1 saturated heterocycles. The van der Waals surface area contributed by atoms with Gasteiger partial charge in [0.05, 0.1) is 0 Å². The number of amides is 1. The second-order valence-corrected chi connectivity index (χ2v) is 8.72. The molecule has 1 aromatic heterocycles. The highest BCUT2D eigenvalue weighted by Crippen LogP contribution is 2.41. The number of nitrogens with zero attached hydrogens (tertiary/aromatic N) is 1. The molecule has 0 radical (unpaired) electrons. The topological polar surface area (TPSA) is 38.8 Å². The maximum atomic E-state index is 12.6. The highest BCUT2D eigenvalue weighted by atomic mass is 32.1. The van der Waals surface area contributed by atoms with Crippen molar-refractivity contribution in [3.8, 4) is 11.5 Å². The van der Waals surface area contributed by atoms with E-state index in [1.165, 1.54) is 4.88 Å². The third kappa shape index (κ3) is 3.58. The summed E-state index contributed by atoms with van der Waals surface area (Å²) in [6.07, 6.45) is 2.93. The van der Waals surface area contributed by atoms with Gasteiger partial charge in [-0.25, -0.2) is 0 Å². The van der Waals surface area contributed by atoms with Crippen LogP contribution in [-0.2, 0) is 11.2 Å². The van der Waals surface area contributed by atoms with Crippen LogP contribution in [0.4, 0.5) is 0 Å². The Morgan fingerprint density at radius 1 is 1.27 bits per heavy atom. The fourth-order valence-electron chi connectivity index (χ4n) is 3.87. The highest BCUT2D eigenvalue weighted by molar-refractivity contribution is 7.10. The zero-order chi connectivity index (χ0) is 18.1. The van der Waals surface area contributed by atoms with Crippen molar-refractivity contribution in [3.63, 3.8) is 0 Å². The number of carbonyl (C=O) groups excluding carboxylic acids is 1. The molecular weight excluding hydrogens is 346 g/mol. The quantitative estimate of drug-likeness (QED) is 0.807. The van der Waals surface area contributed by atoms with Gasteiger partial charge in [-0.1, -0.05) is 18.2 Å². The number of hydrogen-bond donors (Lipinski definition) is 0. The lowest BCUT2D eigenvalue weighted by Crippen LogP contribution is -2.40. The van der Waals surface area contributed by atoms with Crippen LogP contribution < -0.4 is 9.47 Å². The van der Waals surface area contributed by atoms with Crippen molar-refractivity contribution >= 4 is 17.2 Å². The fourth-order valence-corrected chi connectivity index (χ4v) is 4.77. The molecule has 0 aliphatic carbocycles. The predicted molar refractivity (Wildman–Crippen MR) is 103 cm³/mol. The summed E-state index contributed by atoms with van der Waals surface area (Å²) in [5.41, 5.74) is 0.937. The Bertz CT molecular complexity index is 777. The van der Waals surface area contributed by atoms with Crippen LogP contribution in [0.15, 0.2) is 35.7 Å². The molecule has 1 fully saturated rings. The molecule has 2 aromatic rings. The van der Waals surface area contributed by atoms with Crippen molar-refractivity contribution in [1.29, 1.82) is 0 Å². The second-order valence-electron chi connectivity index (χ2n) is 7.74. The minimum atomic E-state index is -0.213. The standard InChI is InChI=1S/C21H25NO3S/c1-21(2)13-16-5-3-6-17(20(16)25-21)24-14-19(23)22-10-8-15(9-11-22)18-7-4-12-26-18/h3-7,12,15H,8-11,13-14H2,1-2H3. The van der Waals surface area contributed by atoms with Crippen LogP contribution in [0.2, 0.25) is 0 Å². The molecule has 0 spiro atoms. The Kier molecular flexibility index (Phi) is 4.65. The zero-order valence-electron chi connectivity index (χ0n) is 15.4. The first-order valence-corrected chi connectivity index (χ1v) is 10.1. The van der Waals surface area contributed by atoms with Crippen LogP contribution in [-0.4, -0.2) is 36.1 Å². The molecule has 3 heterocycles. The van der Waals surface area contributed by atoms with Gasteiger partial charge in [-0.3, -0.25) is 4.79 Å². The van der Waals surface area contributed by atoms with Crippen LogP contribution in [0.3, 0.4) is 0 Å². The molecule has 0 unspecified atom stereocenters. The van der Waals surface area contributed by atoms with Crippen LogP contribution >= 0.6 is 11.3 Å². The van der Waals surface area contributed by atoms with E-state index >= 15 is 0 Å². The summed E-state index contributed by atoms with van der Waals surface area (Å²) in [4.78, 5) is 15.9. The van der Waals surface area contributed by atoms with Gasteiger partial charge in [0.15, 0.2) is 18.1 Å². The average Bonchev–Trinajstić information content (AvgIpc) is 3.26. The first-order valence-electron chi connectivity index (χ1n) is 9.27. The van der Waals surface area contributed by atoms with Crippen LogP contribution in [0.25, 0.3) is 0 Å². The van der Waals surface area contributed by atoms with Crippen molar-refractivity contribution in [3.05, 3.63) is 46.2 Å². The van der Waals surface area contributed by atoms with E-state index in [0.29, 0.717) is 11.7 Å². The molecule has 0 bridgehead atoms. The van der Waals surface area contributed by atoms with Crippen LogP contribution in [0.5, 0.6) is 11.5 Å². The summed E-state index contributed by atoms with van der Waals surface area (Å²) in [5, 5.41) is 2.13. The van der Waals surface area contributed by atoms with Crippen LogP contribution in [0, 0.1) is 0 Å². The number of benzene rings is 1. The summed E-state index contributed by atoms with van der Waals surface area (Å²) in [7, 11) is 0. The number of likely N-dealkylation sites (tertiary alicyclic amines) is 1. The van der Waals surface area contributed by atoms with Crippen molar-refractivity contribution in [2.75, 3.05) is 19.7 Å². The van der Waals surface area contributed by atoms with E-state index in [1.807, 2.05) is 28.4 Å². The Labute approximate surface area is 158 Å². The summed E-state index contributed by atoms with van der Waals surface area (Å²) in [6.45, 7) is 5.83. The maximum absolute atomic E-state index is 12.6. The first-order chi connectivity index (χ1) is 12.5. The number of ether oxygens (including phenoxy) is 2. The molecule has 0 N–H and O–H groups in total. The molecule has 2 aliphatic heterocycles. The smallest absolute Gasteiger partial charge is 0.260 e. The van der Waals surface area contributed by atoms with Gasteiger partial charge < -0.3 is 14.4 Å². The number of fused-ring (bicyclic) bond motifs is 1. The molecule has 5 heteroatoms. The second kappa shape index (κ2) is 6.95. The van der Waals surface area contributed by atoms with E-state index in [-0.39, 0.29) is 18.1 Å². The van der Waals surface area contributed by atoms with E-state index in [1.54, 1.807) is 0 Å². The number of hydrogen-bond acceptors (Lipinski definition) is 4. The number of para-hydroxylation sites is 1. The number of carbonyl (C=O) groups is 1. The maximum Gasteiger partial charge on any atom is 0.260 e. The van der Waals surface area contributed by atoms with E-state index in [2.05, 4.69) is 37.4 Å². The predicted octanol–water partition coefficient (Wildman–Crippen LogP) is 4.25. The fraction of sp³-hybridized carbons (Fsp3) is 0.476. The Balaban J connectivity index is 1.32. The van der Waals surface area contributed by atoms with Crippen molar-refractivity contribution in [2.45, 2.75) is 44.6 Å². The molecule has 0 atom stereocenters. The molecule has 138 valence electrons. The SMILES string of the molecule is CC1(C)Cc2cccc(OCC(=O)N3CCC(c4cccs4)CC3)c2O1. The molecule has 26 heavy (non-hydrogen) atoms. The summed E-state index contributed by atoms with van der Waals surface area (Å²) in [6, 6.07) is 10.2. The van der Waals surface area contributed by atoms with Gasteiger partial charge in [0.1, 0.15) is 5.60 Å². The number of piperidine rings is 1. The summed E-state index contributed by atoms with van der Waals surface area (Å²) >= 11 is 1.82. The Morgan fingerprint density at radius 2 is 2.08 bits per heavy atom. The lowest BCUT2D eigenvalue weighted by Gasteiger charge is -2.31. The molecule has 1 amide bonds. The average molecular weight is 372 g/mol. The number of thiophene rings is 1. The van der Waals surface area contributed by atoms with Crippen molar-refractivity contribution in [1.82, 2.24) is 4.90 Å². The molecule has 4 rings (SSSR count). The third-order valence-corrected chi connectivity index (χ3v) is 6.23. The highest BCUT2D eigenvalue weighted by Gasteiger charge is 2.32. The van der Waals surface area contributed by atoms with Crippen molar-refractivity contribution < 1.29 is 14.3 Å². The molecule has 0 saturated carbocycles. The van der Waals surface area contributed by atoms with Gasteiger partial charge in [-0.15, -0.1) is 11.3 Å². The summed E-state index contributed by atoms with van der Waals surface area (Å²) < 4.78 is 11.9. The molecular formula is C21H25NO3S. The lowest BCUT2D eigenvalue weighted by molar-refractivity contribution is -0.134. The van der Waals surface area contributed by atoms with Gasteiger partial charge >= 0.3 is 0 Å². The van der Waals surface area contributed by atoms with E-state index in [0.717, 1.165) is 43.7 Å². The normalized spacial score (nSPS) is 19.1. The minimum absolute atomic E-state index is 0.0597. The largest absolute Gasteiger partial charge is 0.483 e. The van der Waals surface area contributed by atoms with Gasteiger partial charge in [-0.2, -0.15) is 0 Å². The third-order valence-electron chi connectivity index (χ3n) is 5.20. The first kappa shape index (κ1) is 17.4.